The molecule has 0 spiro atoms. The lowest BCUT2D eigenvalue weighted by molar-refractivity contribution is -0.129. The summed E-state index contributed by atoms with van der Waals surface area (Å²) in [6.45, 7) is 11.4. The lowest BCUT2D eigenvalue weighted by Gasteiger charge is -2.26. The number of carbonyl (C=O) groups excluding carboxylic acids is 1. The van der Waals surface area contributed by atoms with Crippen molar-refractivity contribution in [1.29, 1.82) is 0 Å². The highest BCUT2D eigenvalue weighted by Gasteiger charge is 2.49. The Morgan fingerprint density at radius 2 is 2.06 bits per heavy atom. The number of benzene rings is 1. The largest absolute Gasteiger partial charge is 0.494 e. The number of hydrogen-bond donors (Lipinski definition) is 3. The smallest absolute Gasteiger partial charge is 0.266 e. The Bertz CT molecular complexity index is 735. The zero-order valence-corrected chi connectivity index (χ0v) is 18.7. The van der Waals surface area contributed by atoms with Crippen LogP contribution in [0.1, 0.15) is 45.6 Å². The van der Waals surface area contributed by atoms with Crippen molar-refractivity contribution in [1.82, 2.24) is 10.9 Å². The molecular weight excluding hydrogens is 398 g/mol. The molecule has 0 saturated heterocycles. The van der Waals surface area contributed by atoms with Gasteiger partial charge < -0.3 is 19.3 Å². The van der Waals surface area contributed by atoms with Gasteiger partial charge in [0.25, 0.3) is 5.91 Å². The van der Waals surface area contributed by atoms with Crippen LogP contribution in [0, 0.1) is 0 Å². The molecule has 0 aromatic heterocycles. The lowest BCUT2D eigenvalue weighted by atomic mass is 9.90. The fourth-order valence-corrected chi connectivity index (χ4v) is 3.13. The van der Waals surface area contributed by atoms with Gasteiger partial charge in [0.05, 0.1) is 12.7 Å². The third kappa shape index (κ3) is 7.05. The number of hydrazine groups is 1. The molecule has 8 heteroatoms. The van der Waals surface area contributed by atoms with Gasteiger partial charge >= 0.3 is 0 Å². The molecule has 3 N–H and O–H groups in total. The fourth-order valence-electron chi connectivity index (χ4n) is 3.13. The average Bonchev–Trinajstić information content (AvgIpc) is 3.08. The molecule has 1 amide bonds. The van der Waals surface area contributed by atoms with Crippen LogP contribution in [0.3, 0.4) is 0 Å². The van der Waals surface area contributed by atoms with E-state index in [0.29, 0.717) is 44.2 Å². The second-order valence-corrected chi connectivity index (χ2v) is 7.70. The Labute approximate surface area is 184 Å². The maximum absolute atomic E-state index is 13.0. The van der Waals surface area contributed by atoms with Crippen LogP contribution in [0.15, 0.2) is 41.9 Å². The molecule has 1 aromatic carbocycles. The van der Waals surface area contributed by atoms with Crippen LogP contribution in [0.4, 0.5) is 0 Å². The van der Waals surface area contributed by atoms with Gasteiger partial charge in [-0.3, -0.25) is 10.2 Å². The molecule has 172 valence electrons. The molecule has 1 aromatic rings. The van der Waals surface area contributed by atoms with Crippen LogP contribution >= 0.6 is 0 Å². The summed E-state index contributed by atoms with van der Waals surface area (Å²) in [6, 6.07) is 7.32. The molecule has 1 aliphatic heterocycles. The minimum absolute atomic E-state index is 0.0919. The van der Waals surface area contributed by atoms with Crippen molar-refractivity contribution in [3.63, 3.8) is 0 Å². The standard InChI is InChI=1S/C23H35N3O5/c1-5-12-23(22(28)26-24-13-6-15-29-17(2)3)18(4)31-21(25-23)19-8-10-20(11-9-19)30-16-7-14-27/h5,8-11,17-18,24,27H,1,6-7,12-16H2,2-4H3,(H,26,28)/t18-,23-/m0/s1. The van der Waals surface area contributed by atoms with Gasteiger partial charge in [-0.2, -0.15) is 0 Å². The zero-order valence-electron chi connectivity index (χ0n) is 18.7. The van der Waals surface area contributed by atoms with Crippen molar-refractivity contribution in [3.05, 3.63) is 42.5 Å². The summed E-state index contributed by atoms with van der Waals surface area (Å²) >= 11 is 0. The van der Waals surface area contributed by atoms with Crippen molar-refractivity contribution >= 4 is 11.8 Å². The number of amides is 1. The third-order valence-corrected chi connectivity index (χ3v) is 4.88. The van der Waals surface area contributed by atoms with E-state index in [4.69, 9.17) is 19.3 Å². The highest BCUT2D eigenvalue weighted by molar-refractivity contribution is 6.00. The summed E-state index contributed by atoms with van der Waals surface area (Å²) in [6.07, 6.45) is 3.13. The Morgan fingerprint density at radius 1 is 1.32 bits per heavy atom. The highest BCUT2D eigenvalue weighted by Crippen LogP contribution is 2.32. The van der Waals surface area contributed by atoms with Crippen LogP contribution in [0.25, 0.3) is 0 Å². The third-order valence-electron chi connectivity index (χ3n) is 4.88. The van der Waals surface area contributed by atoms with E-state index in [2.05, 4.69) is 22.4 Å². The maximum Gasteiger partial charge on any atom is 0.266 e. The molecule has 0 bridgehead atoms. The number of nitrogens with one attached hydrogen (secondary N) is 2. The number of rotatable bonds is 14. The first-order valence-corrected chi connectivity index (χ1v) is 10.8. The first-order chi connectivity index (χ1) is 14.9. The van der Waals surface area contributed by atoms with E-state index in [-0.39, 0.29) is 18.6 Å². The normalized spacial score (nSPS) is 20.3. The SMILES string of the molecule is C=CC[C@]1(C(=O)NNCCCOC(C)C)N=C(c2ccc(OCCCO)cc2)O[C@H]1C. The number of ether oxygens (including phenoxy) is 3. The number of hydrogen-bond acceptors (Lipinski definition) is 7. The van der Waals surface area contributed by atoms with Crippen LogP contribution in [0.2, 0.25) is 0 Å². The minimum atomic E-state index is -1.09. The van der Waals surface area contributed by atoms with E-state index in [1.54, 1.807) is 6.08 Å². The summed E-state index contributed by atoms with van der Waals surface area (Å²) in [5.41, 5.74) is 5.39. The monoisotopic (exact) mass is 433 g/mol. The molecule has 1 aliphatic rings. The molecule has 31 heavy (non-hydrogen) atoms. The molecule has 0 radical (unpaired) electrons. The van der Waals surface area contributed by atoms with Gasteiger partial charge in [0, 0.05) is 38.2 Å². The summed E-state index contributed by atoms with van der Waals surface area (Å²) in [7, 11) is 0. The number of carbonyl (C=O) groups is 1. The van der Waals surface area contributed by atoms with Crippen LogP contribution in [-0.4, -0.2) is 61.0 Å². The molecule has 8 nitrogen and oxygen atoms in total. The van der Waals surface area contributed by atoms with Gasteiger partial charge in [-0.25, -0.2) is 10.4 Å². The van der Waals surface area contributed by atoms with E-state index in [1.807, 2.05) is 45.0 Å². The molecular formula is C23H35N3O5. The maximum atomic E-state index is 13.0. The average molecular weight is 434 g/mol. The van der Waals surface area contributed by atoms with Crippen molar-refractivity contribution < 1.29 is 24.1 Å². The van der Waals surface area contributed by atoms with E-state index in [0.717, 1.165) is 12.0 Å². The van der Waals surface area contributed by atoms with E-state index < -0.39 is 11.6 Å². The van der Waals surface area contributed by atoms with Gasteiger partial charge in [0.15, 0.2) is 5.54 Å². The van der Waals surface area contributed by atoms with E-state index in [9.17, 15) is 4.79 Å². The molecule has 0 fully saturated rings. The molecule has 2 rings (SSSR count). The van der Waals surface area contributed by atoms with Crippen LogP contribution in [0.5, 0.6) is 5.75 Å². The van der Waals surface area contributed by atoms with Crippen molar-refractivity contribution in [2.24, 2.45) is 4.99 Å². The summed E-state index contributed by atoms with van der Waals surface area (Å²) in [5, 5.41) is 8.84. The van der Waals surface area contributed by atoms with Gasteiger partial charge in [0.2, 0.25) is 5.90 Å². The first-order valence-electron chi connectivity index (χ1n) is 10.8. The summed E-state index contributed by atoms with van der Waals surface area (Å²) in [5.74, 6) is 0.852. The Hall–Kier alpha value is -2.42. The Morgan fingerprint density at radius 3 is 2.71 bits per heavy atom. The number of aliphatic hydroxyl groups is 1. The highest BCUT2D eigenvalue weighted by atomic mass is 16.5. The Balaban J connectivity index is 2.01. The second kappa shape index (κ2) is 12.4. The summed E-state index contributed by atoms with van der Waals surface area (Å²) < 4.78 is 17.0. The topological polar surface area (TPSA) is 101 Å². The molecule has 0 aliphatic carbocycles. The lowest BCUT2D eigenvalue weighted by Crippen LogP contribution is -2.54. The minimum Gasteiger partial charge on any atom is -0.494 e. The second-order valence-electron chi connectivity index (χ2n) is 7.70. The number of aliphatic hydroxyl groups excluding tert-OH is 1. The van der Waals surface area contributed by atoms with Crippen molar-refractivity contribution in [2.45, 2.75) is 57.8 Å². The predicted octanol–water partition coefficient (Wildman–Crippen LogP) is 2.36. The van der Waals surface area contributed by atoms with E-state index >= 15 is 0 Å². The fraction of sp³-hybridized carbons (Fsp3) is 0.565. The first kappa shape index (κ1) is 24.8. The molecule has 0 unspecified atom stereocenters. The van der Waals surface area contributed by atoms with Crippen molar-refractivity contribution in [3.8, 4) is 5.75 Å². The quantitative estimate of drug-likeness (QED) is 0.237. The number of aliphatic imine (C=N–C) groups is 1. The zero-order chi connectivity index (χ0) is 22.7. The van der Waals surface area contributed by atoms with Gasteiger partial charge in [-0.05, 0) is 51.5 Å². The van der Waals surface area contributed by atoms with Gasteiger partial charge in [-0.15, -0.1) is 6.58 Å². The number of nitrogens with zero attached hydrogens (tertiary/aromatic N) is 1. The van der Waals surface area contributed by atoms with E-state index in [1.165, 1.54) is 0 Å². The molecule has 1 heterocycles. The molecule has 0 saturated carbocycles. The predicted molar refractivity (Wildman–Crippen MR) is 120 cm³/mol. The summed E-state index contributed by atoms with van der Waals surface area (Å²) in [4.78, 5) is 17.7. The van der Waals surface area contributed by atoms with Crippen LogP contribution < -0.4 is 15.6 Å². The van der Waals surface area contributed by atoms with Gasteiger partial charge in [-0.1, -0.05) is 6.08 Å². The van der Waals surface area contributed by atoms with Gasteiger partial charge in [0.1, 0.15) is 11.9 Å². The Kier molecular flexibility index (Phi) is 9.97. The van der Waals surface area contributed by atoms with Crippen LogP contribution in [-0.2, 0) is 14.3 Å². The molecule has 2 atom stereocenters. The van der Waals surface area contributed by atoms with Crippen molar-refractivity contribution in [2.75, 3.05) is 26.4 Å².